The summed E-state index contributed by atoms with van der Waals surface area (Å²) >= 11 is 0. The maximum Gasteiger partial charge on any atom is 0.268 e. The third kappa shape index (κ3) is 4.49. The van der Waals surface area contributed by atoms with Crippen molar-refractivity contribution in [2.75, 3.05) is 26.2 Å². The van der Waals surface area contributed by atoms with Gasteiger partial charge in [-0.25, -0.2) is 8.42 Å². The van der Waals surface area contributed by atoms with Gasteiger partial charge in [0.1, 0.15) is 5.75 Å². The molecule has 2 saturated heterocycles. The number of primary amides is 1. The Morgan fingerprint density at radius 3 is 2.16 bits per heavy atom. The van der Waals surface area contributed by atoms with Crippen LogP contribution >= 0.6 is 0 Å². The molecule has 0 radical (unpaired) electrons. The van der Waals surface area contributed by atoms with Gasteiger partial charge in [-0.05, 0) is 43.9 Å². The highest BCUT2D eigenvalue weighted by molar-refractivity contribution is 7.89. The molecular weight excluding hydrogens is 430 g/mol. The van der Waals surface area contributed by atoms with Crippen molar-refractivity contribution in [2.45, 2.75) is 36.7 Å². The van der Waals surface area contributed by atoms with Gasteiger partial charge in [0.25, 0.3) is 11.8 Å². The molecule has 2 aromatic carbocycles. The van der Waals surface area contributed by atoms with Gasteiger partial charge in [0.2, 0.25) is 16.1 Å². The molecule has 8 nitrogen and oxygen atoms in total. The van der Waals surface area contributed by atoms with Crippen molar-refractivity contribution in [3.63, 3.8) is 0 Å². The van der Waals surface area contributed by atoms with Crippen LogP contribution in [0.25, 0.3) is 0 Å². The van der Waals surface area contributed by atoms with Gasteiger partial charge in [-0.2, -0.15) is 4.31 Å². The minimum atomic E-state index is -3.73. The molecule has 4 rings (SSSR count). The zero-order valence-electron chi connectivity index (χ0n) is 17.8. The van der Waals surface area contributed by atoms with Crippen LogP contribution in [0.1, 0.15) is 47.7 Å². The van der Waals surface area contributed by atoms with Gasteiger partial charge < -0.3 is 15.4 Å². The molecule has 0 bridgehead atoms. The average Bonchev–Trinajstić information content (AvgIpc) is 3.52. The summed E-state index contributed by atoms with van der Waals surface area (Å²) in [7, 11) is -3.73. The Morgan fingerprint density at radius 1 is 0.906 bits per heavy atom. The summed E-state index contributed by atoms with van der Waals surface area (Å²) in [6.07, 6.45) is 2.51. The van der Waals surface area contributed by atoms with Crippen molar-refractivity contribution < 1.29 is 22.7 Å². The SMILES string of the molecule is NC(=O)c1cc(S(=O)(=O)N2CCCC2)ccc1O[C@H](C(=O)N1CCCC1)c1ccccc1. The lowest BCUT2D eigenvalue weighted by Crippen LogP contribution is -2.35. The molecule has 32 heavy (non-hydrogen) atoms. The standard InChI is InChI=1S/C23H27N3O5S/c24-22(27)19-16-18(32(29,30)26-14-6-7-15-26)10-11-20(19)31-21(17-8-2-1-3-9-17)23(28)25-12-4-5-13-25/h1-3,8-11,16,21H,4-7,12-15H2,(H2,24,27)/t21-/m0/s1. The van der Waals surface area contributed by atoms with Gasteiger partial charge in [-0.3, -0.25) is 9.59 Å². The number of nitrogens with zero attached hydrogens (tertiary/aromatic N) is 2. The molecule has 2 fully saturated rings. The summed E-state index contributed by atoms with van der Waals surface area (Å²) in [4.78, 5) is 27.2. The Hall–Kier alpha value is -2.91. The minimum absolute atomic E-state index is 0.0114. The molecule has 0 spiro atoms. The predicted molar refractivity (Wildman–Crippen MR) is 119 cm³/mol. The number of hydrogen-bond acceptors (Lipinski definition) is 5. The van der Waals surface area contributed by atoms with E-state index in [-0.39, 0.29) is 22.1 Å². The largest absolute Gasteiger partial charge is 0.475 e. The molecule has 1 atom stereocenters. The topological polar surface area (TPSA) is 110 Å². The molecule has 0 saturated carbocycles. The fraction of sp³-hybridized carbons (Fsp3) is 0.391. The average molecular weight is 458 g/mol. The number of likely N-dealkylation sites (tertiary alicyclic amines) is 1. The second kappa shape index (κ2) is 9.30. The molecule has 0 aliphatic carbocycles. The Morgan fingerprint density at radius 2 is 1.53 bits per heavy atom. The highest BCUT2D eigenvalue weighted by Crippen LogP contribution is 2.31. The summed E-state index contributed by atoms with van der Waals surface area (Å²) in [5.41, 5.74) is 6.15. The summed E-state index contributed by atoms with van der Waals surface area (Å²) in [5, 5.41) is 0. The van der Waals surface area contributed by atoms with Crippen molar-refractivity contribution >= 4 is 21.8 Å². The summed E-state index contributed by atoms with van der Waals surface area (Å²) in [5.74, 6) is -0.934. The van der Waals surface area contributed by atoms with Gasteiger partial charge in [-0.1, -0.05) is 30.3 Å². The molecule has 2 aliphatic heterocycles. The van der Waals surface area contributed by atoms with E-state index in [2.05, 4.69) is 0 Å². The van der Waals surface area contributed by atoms with E-state index in [1.807, 2.05) is 18.2 Å². The van der Waals surface area contributed by atoms with E-state index in [1.54, 1.807) is 17.0 Å². The lowest BCUT2D eigenvalue weighted by Gasteiger charge is -2.25. The monoisotopic (exact) mass is 457 g/mol. The lowest BCUT2D eigenvalue weighted by molar-refractivity contribution is -0.138. The Balaban J connectivity index is 1.69. The van der Waals surface area contributed by atoms with Crippen LogP contribution in [0.15, 0.2) is 53.4 Å². The van der Waals surface area contributed by atoms with Crippen LogP contribution in [0.3, 0.4) is 0 Å². The zero-order valence-corrected chi connectivity index (χ0v) is 18.6. The van der Waals surface area contributed by atoms with E-state index in [4.69, 9.17) is 10.5 Å². The summed E-state index contributed by atoms with van der Waals surface area (Å²) < 4.78 is 33.3. The summed E-state index contributed by atoms with van der Waals surface area (Å²) in [6, 6.07) is 13.1. The second-order valence-electron chi connectivity index (χ2n) is 8.07. The van der Waals surface area contributed by atoms with Gasteiger partial charge in [-0.15, -0.1) is 0 Å². The first kappa shape index (κ1) is 22.3. The maximum absolute atomic E-state index is 13.2. The fourth-order valence-electron chi connectivity index (χ4n) is 4.16. The number of benzene rings is 2. The summed E-state index contributed by atoms with van der Waals surface area (Å²) in [6.45, 7) is 2.21. The van der Waals surface area contributed by atoms with Crippen LogP contribution in [-0.2, 0) is 14.8 Å². The van der Waals surface area contributed by atoms with E-state index in [9.17, 15) is 18.0 Å². The first-order valence-electron chi connectivity index (χ1n) is 10.8. The maximum atomic E-state index is 13.2. The molecule has 2 aromatic rings. The Kier molecular flexibility index (Phi) is 6.48. The normalized spacial score (nSPS) is 17.9. The number of carbonyl (C=O) groups is 2. The number of hydrogen-bond donors (Lipinski definition) is 1. The van der Waals surface area contributed by atoms with Gasteiger partial charge in [0.05, 0.1) is 10.5 Å². The third-order valence-corrected chi connectivity index (χ3v) is 7.80. The van der Waals surface area contributed by atoms with Crippen molar-refractivity contribution in [2.24, 2.45) is 5.73 Å². The molecule has 170 valence electrons. The predicted octanol–water partition coefficient (Wildman–Crippen LogP) is 2.31. The highest BCUT2D eigenvalue weighted by Gasteiger charge is 2.32. The smallest absolute Gasteiger partial charge is 0.268 e. The second-order valence-corrected chi connectivity index (χ2v) is 10.0. The van der Waals surface area contributed by atoms with Gasteiger partial charge in [0, 0.05) is 31.7 Å². The molecule has 2 amide bonds. The molecule has 2 N–H and O–H groups in total. The minimum Gasteiger partial charge on any atom is -0.475 e. The zero-order chi connectivity index (χ0) is 22.7. The van der Waals surface area contributed by atoms with Crippen molar-refractivity contribution in [3.8, 4) is 5.75 Å². The number of amides is 2. The molecule has 9 heteroatoms. The third-order valence-electron chi connectivity index (χ3n) is 5.91. The number of sulfonamides is 1. The van der Waals surface area contributed by atoms with Crippen molar-refractivity contribution in [3.05, 3.63) is 59.7 Å². The van der Waals surface area contributed by atoms with E-state index in [0.717, 1.165) is 25.7 Å². The number of carbonyl (C=O) groups excluding carboxylic acids is 2. The molecule has 0 aromatic heterocycles. The quantitative estimate of drug-likeness (QED) is 0.686. The molecule has 2 aliphatic rings. The van der Waals surface area contributed by atoms with E-state index < -0.39 is 22.0 Å². The van der Waals surface area contributed by atoms with E-state index in [1.165, 1.54) is 22.5 Å². The fourth-order valence-corrected chi connectivity index (χ4v) is 5.71. The number of nitrogens with two attached hydrogens (primary N) is 1. The van der Waals surface area contributed by atoms with E-state index in [0.29, 0.717) is 31.7 Å². The molecular formula is C23H27N3O5S. The molecule has 2 heterocycles. The lowest BCUT2D eigenvalue weighted by atomic mass is 10.1. The van der Waals surface area contributed by atoms with Crippen LogP contribution in [0, 0.1) is 0 Å². The Labute approximate surface area is 188 Å². The van der Waals surface area contributed by atoms with Crippen LogP contribution in [0.5, 0.6) is 5.75 Å². The van der Waals surface area contributed by atoms with Crippen molar-refractivity contribution in [1.82, 2.24) is 9.21 Å². The first-order valence-corrected chi connectivity index (χ1v) is 12.3. The Bertz CT molecular complexity index is 1090. The van der Waals surface area contributed by atoms with E-state index >= 15 is 0 Å². The molecule has 0 unspecified atom stereocenters. The number of ether oxygens (including phenoxy) is 1. The highest BCUT2D eigenvalue weighted by atomic mass is 32.2. The van der Waals surface area contributed by atoms with Crippen LogP contribution < -0.4 is 10.5 Å². The van der Waals surface area contributed by atoms with Crippen molar-refractivity contribution in [1.29, 1.82) is 0 Å². The van der Waals surface area contributed by atoms with Gasteiger partial charge in [0.15, 0.2) is 0 Å². The van der Waals surface area contributed by atoms with Crippen LogP contribution in [-0.4, -0.2) is 55.6 Å². The van der Waals surface area contributed by atoms with Crippen LogP contribution in [0.2, 0.25) is 0 Å². The van der Waals surface area contributed by atoms with Gasteiger partial charge >= 0.3 is 0 Å². The first-order chi connectivity index (χ1) is 15.4. The van der Waals surface area contributed by atoms with Crippen LogP contribution in [0.4, 0.5) is 0 Å². The number of rotatable bonds is 7.